The van der Waals surface area contributed by atoms with E-state index in [-0.39, 0.29) is 5.69 Å². The molecule has 1 amide bonds. The standard InChI is InChI=1S/C14H12N4O3/c1-10(11-6-8-15-9-7-11)16-17-14(19)12-2-4-13(5-3-12)18(20)21/h2-9H,1H3,(H,17,19). The number of nitro groups is 1. The molecular weight excluding hydrogens is 272 g/mol. The van der Waals surface area contributed by atoms with Gasteiger partial charge in [0.05, 0.1) is 10.6 Å². The molecule has 2 aromatic rings. The van der Waals surface area contributed by atoms with Gasteiger partial charge in [-0.25, -0.2) is 5.43 Å². The van der Waals surface area contributed by atoms with Gasteiger partial charge in [0.25, 0.3) is 11.6 Å². The predicted octanol–water partition coefficient (Wildman–Crippen LogP) is 2.14. The fourth-order valence-corrected chi connectivity index (χ4v) is 1.59. The van der Waals surface area contributed by atoms with Gasteiger partial charge in [0.2, 0.25) is 0 Å². The molecule has 1 aromatic heterocycles. The Morgan fingerprint density at radius 3 is 2.33 bits per heavy atom. The smallest absolute Gasteiger partial charge is 0.267 e. The van der Waals surface area contributed by atoms with E-state index in [9.17, 15) is 14.9 Å². The van der Waals surface area contributed by atoms with E-state index >= 15 is 0 Å². The normalized spacial score (nSPS) is 11.0. The van der Waals surface area contributed by atoms with E-state index < -0.39 is 10.8 Å². The second kappa shape index (κ2) is 6.38. The molecule has 0 aliphatic carbocycles. The zero-order valence-electron chi connectivity index (χ0n) is 11.2. The zero-order valence-corrected chi connectivity index (χ0v) is 11.2. The van der Waals surface area contributed by atoms with Crippen LogP contribution in [0.4, 0.5) is 5.69 Å². The van der Waals surface area contributed by atoms with E-state index in [0.29, 0.717) is 11.3 Å². The maximum Gasteiger partial charge on any atom is 0.271 e. The molecule has 1 aromatic carbocycles. The van der Waals surface area contributed by atoms with Crippen LogP contribution in [0.2, 0.25) is 0 Å². The number of carbonyl (C=O) groups excluding carboxylic acids is 1. The van der Waals surface area contributed by atoms with Gasteiger partial charge < -0.3 is 0 Å². The number of rotatable bonds is 4. The highest BCUT2D eigenvalue weighted by Crippen LogP contribution is 2.11. The minimum atomic E-state index is -0.520. The van der Waals surface area contributed by atoms with E-state index in [1.54, 1.807) is 31.5 Å². The molecule has 0 saturated carbocycles. The van der Waals surface area contributed by atoms with Crippen molar-refractivity contribution in [3.05, 3.63) is 70.0 Å². The summed E-state index contributed by atoms with van der Waals surface area (Å²) in [6.07, 6.45) is 3.26. The second-order valence-corrected chi connectivity index (χ2v) is 4.18. The van der Waals surface area contributed by atoms with Crippen LogP contribution < -0.4 is 5.43 Å². The average molecular weight is 284 g/mol. The monoisotopic (exact) mass is 284 g/mol. The van der Waals surface area contributed by atoms with Crippen molar-refractivity contribution in [1.29, 1.82) is 0 Å². The van der Waals surface area contributed by atoms with Crippen molar-refractivity contribution < 1.29 is 9.72 Å². The number of non-ortho nitro benzene ring substituents is 1. The highest BCUT2D eigenvalue weighted by atomic mass is 16.6. The molecule has 0 spiro atoms. The molecular formula is C14H12N4O3. The van der Waals surface area contributed by atoms with E-state index in [1.165, 1.54) is 24.3 Å². The summed E-state index contributed by atoms with van der Waals surface area (Å²) in [6, 6.07) is 8.85. The number of hydrazone groups is 1. The minimum absolute atomic E-state index is 0.0667. The Balaban J connectivity index is 2.06. The van der Waals surface area contributed by atoms with Gasteiger partial charge in [-0.15, -0.1) is 0 Å². The number of benzene rings is 1. The van der Waals surface area contributed by atoms with Gasteiger partial charge in [-0.05, 0) is 31.2 Å². The van der Waals surface area contributed by atoms with Crippen molar-refractivity contribution in [1.82, 2.24) is 10.4 Å². The minimum Gasteiger partial charge on any atom is -0.267 e. The van der Waals surface area contributed by atoms with Crippen LogP contribution in [-0.2, 0) is 0 Å². The molecule has 7 heteroatoms. The van der Waals surface area contributed by atoms with E-state index in [0.717, 1.165) is 5.56 Å². The summed E-state index contributed by atoms with van der Waals surface area (Å²) in [5.41, 5.74) is 4.11. The van der Waals surface area contributed by atoms with Crippen LogP contribution in [-0.4, -0.2) is 21.5 Å². The van der Waals surface area contributed by atoms with Crippen LogP contribution in [0.25, 0.3) is 0 Å². The highest BCUT2D eigenvalue weighted by molar-refractivity contribution is 6.00. The fourth-order valence-electron chi connectivity index (χ4n) is 1.59. The first-order valence-electron chi connectivity index (χ1n) is 6.07. The van der Waals surface area contributed by atoms with Gasteiger partial charge in [0, 0.05) is 35.7 Å². The third kappa shape index (κ3) is 3.69. The first-order chi connectivity index (χ1) is 10.1. The quantitative estimate of drug-likeness (QED) is 0.528. The van der Waals surface area contributed by atoms with Crippen molar-refractivity contribution in [2.24, 2.45) is 5.10 Å². The Hall–Kier alpha value is -3.09. The largest absolute Gasteiger partial charge is 0.271 e. The number of hydrogen-bond donors (Lipinski definition) is 1. The summed E-state index contributed by atoms with van der Waals surface area (Å²) in [4.78, 5) is 25.8. The molecule has 7 nitrogen and oxygen atoms in total. The summed E-state index contributed by atoms with van der Waals surface area (Å²) >= 11 is 0. The van der Waals surface area contributed by atoms with Gasteiger partial charge in [-0.3, -0.25) is 19.9 Å². The number of aromatic nitrogens is 1. The van der Waals surface area contributed by atoms with Crippen LogP contribution in [0.1, 0.15) is 22.8 Å². The predicted molar refractivity (Wildman–Crippen MR) is 77.0 cm³/mol. The first kappa shape index (κ1) is 14.3. The molecule has 0 saturated heterocycles. The fraction of sp³-hybridized carbons (Fsp3) is 0.0714. The summed E-state index contributed by atoms with van der Waals surface area (Å²) in [5, 5.41) is 14.5. The molecule has 1 N–H and O–H groups in total. The van der Waals surface area contributed by atoms with Crippen molar-refractivity contribution in [3.63, 3.8) is 0 Å². The van der Waals surface area contributed by atoms with Gasteiger partial charge in [0.15, 0.2) is 0 Å². The van der Waals surface area contributed by atoms with Crippen LogP contribution >= 0.6 is 0 Å². The maximum absolute atomic E-state index is 11.9. The molecule has 0 fully saturated rings. The first-order valence-corrected chi connectivity index (χ1v) is 6.07. The Morgan fingerprint density at radius 1 is 1.14 bits per heavy atom. The molecule has 106 valence electrons. The number of pyridine rings is 1. The number of nitrogens with zero attached hydrogens (tertiary/aromatic N) is 3. The second-order valence-electron chi connectivity index (χ2n) is 4.18. The number of hydrogen-bond acceptors (Lipinski definition) is 5. The number of nitrogens with one attached hydrogen (secondary N) is 1. The SMILES string of the molecule is CC(=NNC(=O)c1ccc([N+](=O)[O-])cc1)c1ccncc1. The van der Waals surface area contributed by atoms with Gasteiger partial charge in [-0.2, -0.15) is 5.10 Å². The van der Waals surface area contributed by atoms with Gasteiger partial charge in [0.1, 0.15) is 0 Å². The summed E-state index contributed by atoms with van der Waals surface area (Å²) in [6.45, 7) is 1.76. The molecule has 0 aliphatic heterocycles. The van der Waals surface area contributed by atoms with Gasteiger partial charge >= 0.3 is 0 Å². The Morgan fingerprint density at radius 2 is 1.76 bits per heavy atom. The van der Waals surface area contributed by atoms with Crippen LogP contribution in [0.3, 0.4) is 0 Å². The van der Waals surface area contributed by atoms with Crippen molar-refractivity contribution >= 4 is 17.3 Å². The van der Waals surface area contributed by atoms with Gasteiger partial charge in [-0.1, -0.05) is 0 Å². The lowest BCUT2D eigenvalue weighted by Gasteiger charge is -2.02. The van der Waals surface area contributed by atoms with Crippen LogP contribution in [0.15, 0.2) is 53.9 Å². The Labute approximate surface area is 120 Å². The lowest BCUT2D eigenvalue weighted by atomic mass is 10.2. The number of amides is 1. The summed E-state index contributed by atoms with van der Waals surface area (Å²) < 4.78 is 0. The molecule has 0 aliphatic rings. The maximum atomic E-state index is 11.9. The highest BCUT2D eigenvalue weighted by Gasteiger charge is 2.08. The summed E-state index contributed by atoms with van der Waals surface area (Å²) in [7, 11) is 0. The summed E-state index contributed by atoms with van der Waals surface area (Å²) in [5.74, 6) is -0.432. The van der Waals surface area contributed by atoms with Crippen molar-refractivity contribution in [2.75, 3.05) is 0 Å². The van der Waals surface area contributed by atoms with Crippen LogP contribution in [0, 0.1) is 10.1 Å². The molecule has 2 rings (SSSR count). The molecule has 0 atom stereocenters. The number of carbonyl (C=O) groups is 1. The van der Waals surface area contributed by atoms with E-state index in [1.807, 2.05) is 0 Å². The van der Waals surface area contributed by atoms with Crippen molar-refractivity contribution in [3.8, 4) is 0 Å². The molecule has 0 radical (unpaired) electrons. The third-order valence-electron chi connectivity index (χ3n) is 2.76. The molecule has 1 heterocycles. The zero-order chi connectivity index (χ0) is 15.2. The van der Waals surface area contributed by atoms with Crippen molar-refractivity contribution in [2.45, 2.75) is 6.92 Å². The molecule has 21 heavy (non-hydrogen) atoms. The molecule has 0 unspecified atom stereocenters. The lowest BCUT2D eigenvalue weighted by molar-refractivity contribution is -0.384. The Kier molecular flexibility index (Phi) is 4.35. The van der Waals surface area contributed by atoms with E-state index in [2.05, 4.69) is 15.5 Å². The van der Waals surface area contributed by atoms with E-state index in [4.69, 9.17) is 0 Å². The third-order valence-corrected chi connectivity index (χ3v) is 2.76. The molecule has 0 bridgehead atoms. The van der Waals surface area contributed by atoms with Crippen LogP contribution in [0.5, 0.6) is 0 Å². The lowest BCUT2D eigenvalue weighted by Crippen LogP contribution is -2.19. The Bertz CT molecular complexity index is 681. The average Bonchev–Trinajstić information content (AvgIpc) is 2.53. The number of nitro benzene ring substituents is 1. The topological polar surface area (TPSA) is 97.5 Å².